The second-order valence-electron chi connectivity index (χ2n) is 12.5. The SMILES string of the molecule is C=Cc1cc(S(=O)(=O)[C@@H]2CN(C(=O)N3CCN(C(C)=O)CC3)C[C@H]2c2ccc(C(OCc3c(F)cccc3F)(C(F)(F)F)C(F)(F)F)cc2)ccc1F. The summed E-state index contributed by atoms with van der Waals surface area (Å²) in [6.07, 6.45) is -11.4. The Morgan fingerprint density at radius 3 is 1.91 bits per heavy atom. The van der Waals surface area contributed by atoms with Crippen molar-refractivity contribution in [3.8, 4) is 0 Å². The first-order valence-corrected chi connectivity index (χ1v) is 17.5. The number of likely N-dealkylation sites (tertiary alicyclic amines) is 1. The molecule has 0 radical (unpaired) electrons. The quantitative estimate of drug-likeness (QED) is 0.186. The molecule has 0 spiro atoms. The van der Waals surface area contributed by atoms with Gasteiger partial charge >= 0.3 is 18.4 Å². The Hall–Kier alpha value is -4.58. The molecular formula is C35H32F9N3O5S. The molecule has 18 heteroatoms. The zero-order chi connectivity index (χ0) is 39.1. The zero-order valence-electron chi connectivity index (χ0n) is 27.9. The van der Waals surface area contributed by atoms with Gasteiger partial charge < -0.3 is 19.4 Å². The van der Waals surface area contributed by atoms with Crippen molar-refractivity contribution in [1.82, 2.24) is 14.7 Å². The monoisotopic (exact) mass is 777 g/mol. The Labute approximate surface area is 298 Å². The minimum atomic E-state index is -6.21. The van der Waals surface area contributed by atoms with E-state index in [1.54, 1.807) is 0 Å². The molecule has 0 saturated carbocycles. The second-order valence-corrected chi connectivity index (χ2v) is 14.7. The van der Waals surface area contributed by atoms with Crippen LogP contribution in [0.5, 0.6) is 0 Å². The van der Waals surface area contributed by atoms with E-state index >= 15 is 0 Å². The van der Waals surface area contributed by atoms with Gasteiger partial charge in [0.1, 0.15) is 17.5 Å². The summed E-state index contributed by atoms with van der Waals surface area (Å²) in [5, 5.41) is -1.51. The van der Waals surface area contributed by atoms with E-state index in [4.69, 9.17) is 0 Å². The van der Waals surface area contributed by atoms with Crippen molar-refractivity contribution in [3.63, 3.8) is 0 Å². The normalized spacial score (nSPS) is 18.7. The molecule has 0 aromatic heterocycles. The highest BCUT2D eigenvalue weighted by atomic mass is 32.2. The smallest absolute Gasteiger partial charge is 0.349 e. The molecule has 8 nitrogen and oxygen atoms in total. The summed E-state index contributed by atoms with van der Waals surface area (Å²) in [5.74, 6) is -5.08. The molecule has 0 aliphatic carbocycles. The van der Waals surface area contributed by atoms with E-state index < -0.39 is 86.7 Å². The number of sulfone groups is 1. The first-order chi connectivity index (χ1) is 24.7. The summed E-state index contributed by atoms with van der Waals surface area (Å²) in [5.41, 5.74) is -7.99. The maximum Gasteiger partial charge on any atom is 0.430 e. The first-order valence-electron chi connectivity index (χ1n) is 16.0. The topological polar surface area (TPSA) is 87.2 Å². The van der Waals surface area contributed by atoms with E-state index in [2.05, 4.69) is 11.3 Å². The minimum absolute atomic E-state index is 0.0662. The highest BCUT2D eigenvalue weighted by molar-refractivity contribution is 7.92. The van der Waals surface area contributed by atoms with Crippen LogP contribution in [0.4, 0.5) is 44.3 Å². The number of urea groups is 1. The summed E-state index contributed by atoms with van der Waals surface area (Å²) >= 11 is 0. The van der Waals surface area contributed by atoms with Crippen LogP contribution in [0.15, 0.2) is 72.1 Å². The van der Waals surface area contributed by atoms with Crippen LogP contribution < -0.4 is 0 Å². The molecule has 3 amide bonds. The van der Waals surface area contributed by atoms with Crippen molar-refractivity contribution >= 4 is 27.9 Å². The highest BCUT2D eigenvalue weighted by Crippen LogP contribution is 2.53. The van der Waals surface area contributed by atoms with Crippen LogP contribution in [0.1, 0.15) is 35.1 Å². The number of benzene rings is 3. The third-order valence-electron chi connectivity index (χ3n) is 9.49. The number of hydrogen-bond donors (Lipinski definition) is 0. The second kappa shape index (κ2) is 14.7. The fourth-order valence-electron chi connectivity index (χ4n) is 6.56. The molecule has 2 saturated heterocycles. The van der Waals surface area contributed by atoms with Crippen molar-refractivity contribution in [3.05, 3.63) is 107 Å². The molecule has 2 aliphatic rings. The first kappa shape index (κ1) is 39.6. The summed E-state index contributed by atoms with van der Waals surface area (Å²) in [6, 6.07) is 6.94. The van der Waals surface area contributed by atoms with E-state index in [9.17, 15) is 57.5 Å². The van der Waals surface area contributed by atoms with Gasteiger partial charge in [-0.05, 0) is 35.9 Å². The lowest BCUT2D eigenvalue weighted by molar-refractivity contribution is -0.392. The average molecular weight is 778 g/mol. The molecular weight excluding hydrogens is 745 g/mol. The number of halogens is 9. The number of hydrogen-bond acceptors (Lipinski definition) is 5. The third kappa shape index (κ3) is 7.47. The van der Waals surface area contributed by atoms with Crippen LogP contribution in [-0.4, -0.2) is 91.9 Å². The third-order valence-corrected chi connectivity index (χ3v) is 11.7. The predicted molar refractivity (Wildman–Crippen MR) is 172 cm³/mol. The molecule has 0 N–H and O–H groups in total. The fraction of sp³-hybridized carbons (Fsp3) is 0.371. The van der Waals surface area contributed by atoms with Crippen LogP contribution >= 0.6 is 0 Å². The largest absolute Gasteiger partial charge is 0.430 e. The molecule has 2 aliphatic heterocycles. The number of piperazine rings is 1. The molecule has 3 aromatic rings. The Morgan fingerprint density at radius 1 is 0.811 bits per heavy atom. The van der Waals surface area contributed by atoms with Crippen LogP contribution in [0.2, 0.25) is 0 Å². The molecule has 2 fully saturated rings. The maximum absolute atomic E-state index is 14.5. The number of alkyl halides is 6. The van der Waals surface area contributed by atoms with Crippen LogP contribution in [0, 0.1) is 17.5 Å². The van der Waals surface area contributed by atoms with Gasteiger partial charge in [0.05, 0.1) is 16.8 Å². The zero-order valence-corrected chi connectivity index (χ0v) is 28.7. The average Bonchev–Trinajstić information content (AvgIpc) is 3.55. The van der Waals surface area contributed by atoms with Gasteiger partial charge in [0.15, 0.2) is 9.84 Å². The van der Waals surface area contributed by atoms with Gasteiger partial charge in [-0.15, -0.1) is 0 Å². The molecule has 2 atom stereocenters. The number of nitrogens with zero attached hydrogens (tertiary/aromatic N) is 3. The minimum Gasteiger partial charge on any atom is -0.349 e. The van der Waals surface area contributed by atoms with Crippen molar-refractivity contribution in [2.45, 2.75) is 47.5 Å². The van der Waals surface area contributed by atoms with Gasteiger partial charge in [-0.1, -0.05) is 43.0 Å². The fourth-order valence-corrected chi connectivity index (χ4v) is 8.51. The maximum atomic E-state index is 14.5. The van der Waals surface area contributed by atoms with Crippen LogP contribution in [0.3, 0.4) is 0 Å². The van der Waals surface area contributed by atoms with E-state index in [1.807, 2.05) is 0 Å². The van der Waals surface area contributed by atoms with E-state index in [0.717, 1.165) is 42.5 Å². The van der Waals surface area contributed by atoms with Crippen molar-refractivity contribution in [1.29, 1.82) is 0 Å². The molecule has 5 rings (SSSR count). The van der Waals surface area contributed by atoms with Gasteiger partial charge in [0, 0.05) is 68.8 Å². The standard InChI is InChI=1S/C35H32F9N3O5S/c1-3-22-17-25(11-12-28(22)36)53(50,51)31-19-47(32(49)46-15-13-45(14-16-46)21(2)48)18-26(31)23-7-9-24(10-8-23)33(34(39,40)41,35(42,43)44)52-20-27-29(37)5-4-6-30(27)38/h3-12,17,26,31H,1,13-16,18-20H2,2H3/t26-,31+/m0/s1. The van der Waals surface area contributed by atoms with Gasteiger partial charge in [-0.2, -0.15) is 26.3 Å². The lowest BCUT2D eigenvalue weighted by Gasteiger charge is -2.37. The predicted octanol–water partition coefficient (Wildman–Crippen LogP) is 6.81. The van der Waals surface area contributed by atoms with Gasteiger partial charge in [-0.3, -0.25) is 4.79 Å². The Kier molecular flexibility index (Phi) is 11.0. The number of amides is 3. The van der Waals surface area contributed by atoms with Crippen molar-refractivity contribution in [2.24, 2.45) is 0 Å². The van der Waals surface area contributed by atoms with Gasteiger partial charge in [0.25, 0.3) is 5.60 Å². The molecule has 3 aromatic carbocycles. The van der Waals surface area contributed by atoms with Crippen molar-refractivity contribution in [2.75, 3.05) is 39.3 Å². The highest BCUT2D eigenvalue weighted by Gasteiger charge is 2.73. The molecule has 0 bridgehead atoms. The number of carbonyl (C=O) groups excluding carboxylic acids is 2. The summed E-state index contributed by atoms with van der Waals surface area (Å²) < 4.78 is 162. The molecule has 0 unspecified atom stereocenters. The van der Waals surface area contributed by atoms with E-state index in [1.165, 1.54) is 21.6 Å². The van der Waals surface area contributed by atoms with Crippen LogP contribution in [-0.2, 0) is 31.6 Å². The van der Waals surface area contributed by atoms with Crippen molar-refractivity contribution < 1.29 is 62.3 Å². The van der Waals surface area contributed by atoms with Gasteiger partial charge in [0.2, 0.25) is 5.91 Å². The van der Waals surface area contributed by atoms with Gasteiger partial charge in [-0.25, -0.2) is 26.4 Å². The number of ether oxygens (including phenoxy) is 1. The molecule has 286 valence electrons. The molecule has 2 heterocycles. The van der Waals surface area contributed by atoms with Crippen LogP contribution in [0.25, 0.3) is 6.08 Å². The Balaban J connectivity index is 1.54. The lowest BCUT2D eigenvalue weighted by Crippen LogP contribution is -2.55. The molecule has 53 heavy (non-hydrogen) atoms. The lowest BCUT2D eigenvalue weighted by atomic mass is 9.88. The number of rotatable bonds is 8. The number of carbonyl (C=O) groups is 2. The van der Waals surface area contributed by atoms with E-state index in [0.29, 0.717) is 24.3 Å². The Bertz CT molecular complexity index is 1950. The summed E-state index contributed by atoms with van der Waals surface area (Å²) in [7, 11) is -4.47. The van der Waals surface area contributed by atoms with E-state index in [-0.39, 0.29) is 54.7 Å². The summed E-state index contributed by atoms with van der Waals surface area (Å²) in [6.45, 7) is 2.89. The Morgan fingerprint density at radius 2 is 1.38 bits per heavy atom. The summed E-state index contributed by atoms with van der Waals surface area (Å²) in [4.78, 5) is 29.1.